The van der Waals surface area contributed by atoms with E-state index in [-0.39, 0.29) is 17.7 Å². The number of thioether (sulfide) groups is 1. The molecule has 3 rings (SSSR count). The predicted molar refractivity (Wildman–Crippen MR) is 103 cm³/mol. The standard InChI is InChI=1S/C17H21N5O2S2/c18-15(24)13-7-4-8-22(10-13)14(23)11-25-17-21-20-16(26-17)19-9-12-5-2-1-3-6-12/h1-3,5-6,13H,4,7-11H2,(H2,18,24)(H,19,20)/t13-/m0/s1. The van der Waals surface area contributed by atoms with Crippen LogP contribution in [0.1, 0.15) is 18.4 Å². The molecule has 2 heterocycles. The molecule has 1 aromatic heterocycles. The number of hydrogen-bond acceptors (Lipinski definition) is 7. The molecule has 1 aliphatic heterocycles. The first-order valence-corrected chi connectivity index (χ1v) is 10.2. The smallest absolute Gasteiger partial charge is 0.233 e. The van der Waals surface area contributed by atoms with E-state index in [2.05, 4.69) is 15.5 Å². The fourth-order valence-electron chi connectivity index (χ4n) is 2.76. The van der Waals surface area contributed by atoms with E-state index in [1.54, 1.807) is 4.90 Å². The summed E-state index contributed by atoms with van der Waals surface area (Å²) in [5.41, 5.74) is 6.53. The van der Waals surface area contributed by atoms with E-state index in [0.29, 0.717) is 25.4 Å². The normalized spacial score (nSPS) is 17.1. The maximum Gasteiger partial charge on any atom is 0.233 e. The largest absolute Gasteiger partial charge is 0.369 e. The second kappa shape index (κ2) is 9.00. The van der Waals surface area contributed by atoms with Crippen molar-refractivity contribution in [2.24, 2.45) is 11.7 Å². The molecule has 3 N–H and O–H groups in total. The van der Waals surface area contributed by atoms with Crippen LogP contribution in [-0.4, -0.2) is 45.8 Å². The van der Waals surface area contributed by atoms with Gasteiger partial charge in [0.05, 0.1) is 11.7 Å². The average Bonchev–Trinajstić information content (AvgIpc) is 3.13. The highest BCUT2D eigenvalue weighted by atomic mass is 32.2. The van der Waals surface area contributed by atoms with Crippen molar-refractivity contribution in [1.82, 2.24) is 15.1 Å². The minimum absolute atomic E-state index is 0.00921. The second-order valence-electron chi connectivity index (χ2n) is 6.08. The number of anilines is 1. The molecule has 1 saturated heterocycles. The van der Waals surface area contributed by atoms with Crippen molar-refractivity contribution in [1.29, 1.82) is 0 Å². The Morgan fingerprint density at radius 3 is 2.88 bits per heavy atom. The van der Waals surface area contributed by atoms with Crippen LogP contribution in [0, 0.1) is 5.92 Å². The predicted octanol–water partition coefficient (Wildman–Crippen LogP) is 1.97. The number of aromatic nitrogens is 2. The van der Waals surface area contributed by atoms with Crippen LogP contribution in [0.4, 0.5) is 5.13 Å². The van der Waals surface area contributed by atoms with Gasteiger partial charge in [0.15, 0.2) is 4.34 Å². The highest BCUT2D eigenvalue weighted by molar-refractivity contribution is 8.01. The van der Waals surface area contributed by atoms with Gasteiger partial charge in [-0.1, -0.05) is 53.4 Å². The van der Waals surface area contributed by atoms with Gasteiger partial charge in [-0.15, -0.1) is 10.2 Å². The van der Waals surface area contributed by atoms with Crippen molar-refractivity contribution in [3.8, 4) is 0 Å². The molecular weight excluding hydrogens is 370 g/mol. The first kappa shape index (κ1) is 18.7. The Kier molecular flexibility index (Phi) is 6.45. The summed E-state index contributed by atoms with van der Waals surface area (Å²) in [6, 6.07) is 10.1. The lowest BCUT2D eigenvalue weighted by molar-refractivity contribution is -0.132. The van der Waals surface area contributed by atoms with Crippen molar-refractivity contribution in [2.45, 2.75) is 23.7 Å². The summed E-state index contributed by atoms with van der Waals surface area (Å²) in [5.74, 6) is -0.255. The number of amides is 2. The van der Waals surface area contributed by atoms with Crippen LogP contribution in [0.2, 0.25) is 0 Å². The van der Waals surface area contributed by atoms with Crippen LogP contribution in [0.15, 0.2) is 34.7 Å². The fraction of sp³-hybridized carbons (Fsp3) is 0.412. The average molecular weight is 392 g/mol. The number of nitrogens with zero attached hydrogens (tertiary/aromatic N) is 3. The van der Waals surface area contributed by atoms with Gasteiger partial charge < -0.3 is 16.0 Å². The Bertz CT molecular complexity index is 753. The Morgan fingerprint density at radius 2 is 2.12 bits per heavy atom. The number of carbonyl (C=O) groups excluding carboxylic acids is 2. The summed E-state index contributed by atoms with van der Waals surface area (Å²) >= 11 is 2.80. The number of hydrogen-bond donors (Lipinski definition) is 2. The molecule has 26 heavy (non-hydrogen) atoms. The number of benzene rings is 1. The monoisotopic (exact) mass is 391 g/mol. The summed E-state index contributed by atoms with van der Waals surface area (Å²) in [4.78, 5) is 25.4. The quantitative estimate of drug-likeness (QED) is 0.700. The van der Waals surface area contributed by atoms with E-state index < -0.39 is 0 Å². The van der Waals surface area contributed by atoms with Crippen molar-refractivity contribution < 1.29 is 9.59 Å². The van der Waals surface area contributed by atoms with E-state index >= 15 is 0 Å². The summed E-state index contributed by atoms with van der Waals surface area (Å²) in [5, 5.41) is 12.2. The molecule has 0 spiro atoms. The lowest BCUT2D eigenvalue weighted by Gasteiger charge is -2.31. The number of carbonyl (C=O) groups is 2. The fourth-order valence-corrected chi connectivity index (χ4v) is 4.41. The minimum atomic E-state index is -0.326. The van der Waals surface area contributed by atoms with Gasteiger partial charge in [-0.05, 0) is 18.4 Å². The van der Waals surface area contributed by atoms with Crippen LogP contribution in [0.5, 0.6) is 0 Å². The molecule has 0 saturated carbocycles. The number of nitrogens with one attached hydrogen (secondary N) is 1. The Balaban J connectivity index is 1.45. The molecular formula is C17H21N5O2S2. The molecule has 1 atom stereocenters. The molecule has 7 nitrogen and oxygen atoms in total. The molecule has 0 unspecified atom stereocenters. The van der Waals surface area contributed by atoms with Crippen LogP contribution in [0.3, 0.4) is 0 Å². The van der Waals surface area contributed by atoms with Gasteiger partial charge in [0, 0.05) is 19.6 Å². The SMILES string of the molecule is NC(=O)[C@H]1CCCN(C(=O)CSc2nnc(NCc3ccccc3)s2)C1. The summed E-state index contributed by atoms with van der Waals surface area (Å²) in [6.45, 7) is 1.79. The highest BCUT2D eigenvalue weighted by Gasteiger charge is 2.27. The van der Waals surface area contributed by atoms with Gasteiger partial charge in [-0.2, -0.15) is 0 Å². The lowest BCUT2D eigenvalue weighted by Crippen LogP contribution is -2.44. The Labute approximate surface area is 160 Å². The Hall–Kier alpha value is -2.13. The van der Waals surface area contributed by atoms with Crippen LogP contribution in [0.25, 0.3) is 0 Å². The molecule has 1 fully saturated rings. The maximum atomic E-state index is 12.4. The zero-order chi connectivity index (χ0) is 18.4. The van der Waals surface area contributed by atoms with Gasteiger partial charge in [0.2, 0.25) is 16.9 Å². The first-order chi connectivity index (χ1) is 12.6. The molecule has 138 valence electrons. The van der Waals surface area contributed by atoms with Crippen LogP contribution in [-0.2, 0) is 16.1 Å². The molecule has 0 bridgehead atoms. The number of piperidine rings is 1. The lowest BCUT2D eigenvalue weighted by atomic mass is 9.97. The topological polar surface area (TPSA) is 101 Å². The zero-order valence-corrected chi connectivity index (χ0v) is 15.9. The van der Waals surface area contributed by atoms with Crippen LogP contribution >= 0.6 is 23.1 Å². The third-order valence-electron chi connectivity index (χ3n) is 4.19. The highest BCUT2D eigenvalue weighted by Crippen LogP contribution is 2.26. The van der Waals surface area contributed by atoms with E-state index in [1.165, 1.54) is 28.7 Å². The first-order valence-electron chi connectivity index (χ1n) is 8.43. The van der Waals surface area contributed by atoms with E-state index in [1.807, 2.05) is 30.3 Å². The minimum Gasteiger partial charge on any atom is -0.369 e. The zero-order valence-electron chi connectivity index (χ0n) is 14.3. The van der Waals surface area contributed by atoms with Crippen molar-refractivity contribution in [3.05, 3.63) is 35.9 Å². The molecule has 2 amide bonds. The van der Waals surface area contributed by atoms with Crippen molar-refractivity contribution in [3.63, 3.8) is 0 Å². The second-order valence-corrected chi connectivity index (χ2v) is 8.28. The van der Waals surface area contributed by atoms with E-state index in [4.69, 9.17) is 5.73 Å². The number of likely N-dealkylation sites (tertiary alicyclic amines) is 1. The van der Waals surface area contributed by atoms with Crippen LogP contribution < -0.4 is 11.1 Å². The number of primary amides is 1. The van der Waals surface area contributed by atoms with E-state index in [0.717, 1.165) is 22.3 Å². The van der Waals surface area contributed by atoms with Crippen molar-refractivity contribution >= 4 is 40.0 Å². The molecule has 0 radical (unpaired) electrons. The summed E-state index contributed by atoms with van der Waals surface area (Å²) in [7, 11) is 0. The number of nitrogens with two attached hydrogens (primary N) is 1. The maximum absolute atomic E-state index is 12.4. The van der Waals surface area contributed by atoms with Gasteiger partial charge in [-0.25, -0.2) is 0 Å². The van der Waals surface area contributed by atoms with Crippen molar-refractivity contribution in [2.75, 3.05) is 24.2 Å². The third-order valence-corrected chi connectivity index (χ3v) is 6.19. The van der Waals surface area contributed by atoms with Gasteiger partial charge in [-0.3, -0.25) is 9.59 Å². The summed E-state index contributed by atoms with van der Waals surface area (Å²) in [6.07, 6.45) is 1.58. The van der Waals surface area contributed by atoms with E-state index in [9.17, 15) is 9.59 Å². The molecule has 1 aromatic carbocycles. The molecule has 9 heteroatoms. The number of rotatable bonds is 7. The Morgan fingerprint density at radius 1 is 1.31 bits per heavy atom. The van der Waals surface area contributed by atoms with Gasteiger partial charge in [0.25, 0.3) is 0 Å². The third kappa shape index (κ3) is 5.18. The van der Waals surface area contributed by atoms with Gasteiger partial charge in [0.1, 0.15) is 0 Å². The molecule has 1 aliphatic rings. The summed E-state index contributed by atoms with van der Waals surface area (Å²) < 4.78 is 0.748. The molecule has 0 aliphatic carbocycles. The molecule has 2 aromatic rings. The van der Waals surface area contributed by atoms with Gasteiger partial charge >= 0.3 is 0 Å².